The van der Waals surface area contributed by atoms with Gasteiger partial charge in [-0.1, -0.05) is 36.4 Å². The number of amides is 1. The maximum Gasteiger partial charge on any atom is 0.271 e. The number of benzene rings is 2. The summed E-state index contributed by atoms with van der Waals surface area (Å²) in [5.74, 6) is -1.99. The molecule has 1 amide bonds. The molecule has 0 saturated carbocycles. The second-order valence-corrected chi connectivity index (χ2v) is 5.62. The molecule has 0 saturated heterocycles. The van der Waals surface area contributed by atoms with E-state index in [1.807, 2.05) is 30.3 Å². The van der Waals surface area contributed by atoms with Crippen LogP contribution in [0, 0.1) is 11.6 Å². The molecule has 0 fully saturated rings. The van der Waals surface area contributed by atoms with Crippen molar-refractivity contribution in [2.24, 2.45) is 0 Å². The number of carbonyl (C=O) groups excluding carboxylic acids is 1. The van der Waals surface area contributed by atoms with E-state index in [1.165, 1.54) is 22.9 Å². The average Bonchev–Trinajstić information content (AvgIpc) is 2.63. The third-order valence-corrected chi connectivity index (χ3v) is 3.73. The van der Waals surface area contributed by atoms with E-state index in [4.69, 9.17) is 0 Å². The monoisotopic (exact) mass is 355 g/mol. The van der Waals surface area contributed by atoms with Crippen LogP contribution in [-0.2, 0) is 13.1 Å². The molecule has 0 unspecified atom stereocenters. The molecular weight excluding hydrogens is 340 g/mol. The first-order valence-electron chi connectivity index (χ1n) is 7.87. The highest BCUT2D eigenvalue weighted by molar-refractivity contribution is 5.91. The molecule has 1 N–H and O–H groups in total. The van der Waals surface area contributed by atoms with Crippen LogP contribution in [0.1, 0.15) is 21.6 Å². The van der Waals surface area contributed by atoms with Gasteiger partial charge in [-0.05, 0) is 17.7 Å². The molecular formula is C19H15F2N3O2. The first-order valence-corrected chi connectivity index (χ1v) is 7.87. The van der Waals surface area contributed by atoms with Gasteiger partial charge in [0.1, 0.15) is 17.3 Å². The van der Waals surface area contributed by atoms with Crippen LogP contribution in [0.15, 0.2) is 65.5 Å². The second kappa shape index (κ2) is 7.69. The molecule has 0 radical (unpaired) electrons. The van der Waals surface area contributed by atoms with Gasteiger partial charge in [0.15, 0.2) is 0 Å². The minimum absolute atomic E-state index is 0.0306. The van der Waals surface area contributed by atoms with E-state index >= 15 is 0 Å². The predicted octanol–water partition coefficient (Wildman–Crippen LogP) is 2.50. The number of hydrogen-bond acceptors (Lipinski definition) is 3. The van der Waals surface area contributed by atoms with Crippen molar-refractivity contribution in [3.8, 4) is 0 Å². The topological polar surface area (TPSA) is 64.0 Å². The van der Waals surface area contributed by atoms with E-state index in [0.29, 0.717) is 0 Å². The Morgan fingerprint density at radius 2 is 1.81 bits per heavy atom. The summed E-state index contributed by atoms with van der Waals surface area (Å²) in [5, 5.41) is 6.56. The number of nitrogens with zero attached hydrogens (tertiary/aromatic N) is 2. The zero-order valence-electron chi connectivity index (χ0n) is 13.7. The molecule has 0 aliphatic heterocycles. The van der Waals surface area contributed by atoms with Crippen LogP contribution in [0.2, 0.25) is 0 Å². The molecule has 7 heteroatoms. The van der Waals surface area contributed by atoms with Crippen molar-refractivity contribution in [2.45, 2.75) is 13.1 Å². The maximum atomic E-state index is 13.6. The Morgan fingerprint density at radius 3 is 2.54 bits per heavy atom. The Bertz CT molecular complexity index is 988. The van der Waals surface area contributed by atoms with Gasteiger partial charge in [-0.2, -0.15) is 5.10 Å². The third-order valence-electron chi connectivity index (χ3n) is 3.73. The molecule has 132 valence electrons. The maximum absolute atomic E-state index is 13.6. The number of nitrogens with one attached hydrogen (secondary N) is 1. The summed E-state index contributed by atoms with van der Waals surface area (Å²) in [5.41, 5.74) is 0.712. The highest BCUT2D eigenvalue weighted by Crippen LogP contribution is 2.09. The average molecular weight is 355 g/mol. The molecule has 0 aliphatic rings. The zero-order chi connectivity index (χ0) is 18.5. The normalized spacial score (nSPS) is 10.5. The van der Waals surface area contributed by atoms with E-state index < -0.39 is 17.5 Å². The number of rotatable bonds is 5. The van der Waals surface area contributed by atoms with Crippen molar-refractivity contribution in [2.75, 3.05) is 0 Å². The molecule has 0 spiro atoms. The summed E-state index contributed by atoms with van der Waals surface area (Å²) >= 11 is 0. The third kappa shape index (κ3) is 4.18. The number of aromatic nitrogens is 2. The van der Waals surface area contributed by atoms with Gasteiger partial charge in [0.25, 0.3) is 11.5 Å². The minimum Gasteiger partial charge on any atom is -0.346 e. The van der Waals surface area contributed by atoms with E-state index in [-0.39, 0.29) is 29.9 Å². The Balaban J connectivity index is 1.73. The number of hydrogen-bond donors (Lipinski definition) is 1. The summed E-state index contributed by atoms with van der Waals surface area (Å²) in [6, 6.07) is 14.9. The Kier molecular flexibility index (Phi) is 5.17. The number of carbonyl (C=O) groups is 1. The fraction of sp³-hybridized carbons (Fsp3) is 0.105. The van der Waals surface area contributed by atoms with Crippen LogP contribution in [0.3, 0.4) is 0 Å². The molecule has 2 aromatic carbocycles. The lowest BCUT2D eigenvalue weighted by Crippen LogP contribution is -2.29. The number of halogens is 2. The van der Waals surface area contributed by atoms with E-state index in [9.17, 15) is 18.4 Å². The van der Waals surface area contributed by atoms with Crippen molar-refractivity contribution >= 4 is 5.91 Å². The van der Waals surface area contributed by atoms with Crippen LogP contribution in [0.4, 0.5) is 8.78 Å². The fourth-order valence-corrected chi connectivity index (χ4v) is 2.37. The van der Waals surface area contributed by atoms with Crippen LogP contribution in [0.25, 0.3) is 0 Å². The van der Waals surface area contributed by atoms with Gasteiger partial charge in [0.05, 0.1) is 6.54 Å². The second-order valence-electron chi connectivity index (χ2n) is 5.62. The largest absolute Gasteiger partial charge is 0.346 e. The highest BCUT2D eigenvalue weighted by atomic mass is 19.1. The molecule has 3 aromatic rings. The lowest BCUT2D eigenvalue weighted by atomic mass is 10.2. The summed E-state index contributed by atoms with van der Waals surface area (Å²) in [7, 11) is 0. The van der Waals surface area contributed by atoms with Gasteiger partial charge in [-0.3, -0.25) is 9.59 Å². The predicted molar refractivity (Wildman–Crippen MR) is 91.6 cm³/mol. The highest BCUT2D eigenvalue weighted by Gasteiger charge is 2.11. The van der Waals surface area contributed by atoms with Crippen molar-refractivity contribution in [1.82, 2.24) is 15.1 Å². The molecule has 26 heavy (non-hydrogen) atoms. The Hall–Kier alpha value is -3.35. The van der Waals surface area contributed by atoms with Gasteiger partial charge in [-0.25, -0.2) is 13.5 Å². The SMILES string of the molecule is O=C(NCc1ccc(F)cc1F)c1ccc(=O)n(Cc2ccccc2)n1. The molecule has 3 rings (SSSR count). The molecule has 5 nitrogen and oxygen atoms in total. The Morgan fingerprint density at radius 1 is 1.04 bits per heavy atom. The van der Waals surface area contributed by atoms with E-state index in [2.05, 4.69) is 10.4 Å². The molecule has 0 atom stereocenters. The van der Waals surface area contributed by atoms with Gasteiger partial charge < -0.3 is 5.32 Å². The van der Waals surface area contributed by atoms with Crippen molar-refractivity contribution < 1.29 is 13.6 Å². The fourth-order valence-electron chi connectivity index (χ4n) is 2.37. The van der Waals surface area contributed by atoms with Crippen molar-refractivity contribution in [1.29, 1.82) is 0 Å². The van der Waals surface area contributed by atoms with Crippen LogP contribution in [-0.4, -0.2) is 15.7 Å². The van der Waals surface area contributed by atoms with Gasteiger partial charge in [0.2, 0.25) is 0 Å². The van der Waals surface area contributed by atoms with E-state index in [1.54, 1.807) is 0 Å². The first kappa shape index (κ1) is 17.5. The van der Waals surface area contributed by atoms with Crippen LogP contribution >= 0.6 is 0 Å². The van der Waals surface area contributed by atoms with Crippen molar-refractivity contribution in [3.63, 3.8) is 0 Å². The molecule has 1 aromatic heterocycles. The van der Waals surface area contributed by atoms with Gasteiger partial charge in [0, 0.05) is 24.2 Å². The van der Waals surface area contributed by atoms with Crippen molar-refractivity contribution in [3.05, 3.63) is 99.5 Å². The van der Waals surface area contributed by atoms with Gasteiger partial charge in [-0.15, -0.1) is 0 Å². The van der Waals surface area contributed by atoms with Gasteiger partial charge >= 0.3 is 0 Å². The summed E-state index contributed by atoms with van der Waals surface area (Å²) in [6.07, 6.45) is 0. The first-order chi connectivity index (χ1) is 12.5. The standard InChI is InChI=1S/C19H15F2N3O2/c20-15-7-6-14(16(21)10-15)11-22-19(26)17-8-9-18(25)24(23-17)12-13-4-2-1-3-5-13/h1-10H,11-12H2,(H,22,26). The lowest BCUT2D eigenvalue weighted by Gasteiger charge is -2.08. The molecule has 1 heterocycles. The van der Waals surface area contributed by atoms with E-state index in [0.717, 1.165) is 17.7 Å². The minimum atomic E-state index is -0.743. The summed E-state index contributed by atoms with van der Waals surface area (Å²) in [6.45, 7) is 0.109. The molecule has 0 aliphatic carbocycles. The van der Waals surface area contributed by atoms with Crippen LogP contribution < -0.4 is 10.9 Å². The summed E-state index contributed by atoms with van der Waals surface area (Å²) in [4.78, 5) is 24.2. The smallest absolute Gasteiger partial charge is 0.271 e. The molecule has 0 bridgehead atoms. The van der Waals surface area contributed by atoms with Crippen LogP contribution in [0.5, 0.6) is 0 Å². The quantitative estimate of drug-likeness (QED) is 0.765. The Labute approximate surface area is 147 Å². The lowest BCUT2D eigenvalue weighted by molar-refractivity contribution is 0.0943. The zero-order valence-corrected chi connectivity index (χ0v) is 13.7. The summed E-state index contributed by atoms with van der Waals surface area (Å²) < 4.78 is 27.7.